The average molecular weight is 247 g/mol. The normalized spacial score (nSPS) is 12.7. The van der Waals surface area contributed by atoms with Crippen molar-refractivity contribution in [3.63, 3.8) is 0 Å². The second-order valence-electron chi connectivity index (χ2n) is 4.49. The van der Waals surface area contributed by atoms with Crippen LogP contribution in [0.2, 0.25) is 0 Å². The predicted octanol–water partition coefficient (Wildman–Crippen LogP) is 1.68. The number of nitrogens with zero attached hydrogens (tertiary/aromatic N) is 3. The van der Waals surface area contributed by atoms with Gasteiger partial charge in [-0.25, -0.2) is 4.98 Å². The molecule has 0 saturated carbocycles. The van der Waals surface area contributed by atoms with Gasteiger partial charge < -0.3 is 14.4 Å². The lowest BCUT2D eigenvalue weighted by molar-refractivity contribution is 0.211. The van der Waals surface area contributed by atoms with E-state index in [-0.39, 0.29) is 6.10 Å². The highest BCUT2D eigenvalue weighted by Gasteiger charge is 2.14. The zero-order chi connectivity index (χ0) is 13.1. The monoisotopic (exact) mass is 247 g/mol. The first-order chi connectivity index (χ1) is 8.56. The SMILES string of the molecule is CC(C)Oc1cncc(C(O)c2cn(C)cn2)c1. The van der Waals surface area contributed by atoms with Crippen LogP contribution in [-0.4, -0.2) is 25.7 Å². The van der Waals surface area contributed by atoms with Crippen molar-refractivity contribution in [2.45, 2.75) is 26.1 Å². The Balaban J connectivity index is 2.22. The third kappa shape index (κ3) is 2.87. The molecule has 0 amide bonds. The molecule has 2 aromatic rings. The van der Waals surface area contributed by atoms with E-state index in [0.717, 1.165) is 0 Å². The molecule has 0 fully saturated rings. The van der Waals surface area contributed by atoms with Crippen LogP contribution in [0.5, 0.6) is 5.75 Å². The van der Waals surface area contributed by atoms with Crippen LogP contribution in [0.3, 0.4) is 0 Å². The van der Waals surface area contributed by atoms with Gasteiger partial charge in [0.1, 0.15) is 11.9 Å². The molecule has 0 saturated heterocycles. The summed E-state index contributed by atoms with van der Waals surface area (Å²) in [6.45, 7) is 3.89. The largest absolute Gasteiger partial charge is 0.489 e. The zero-order valence-corrected chi connectivity index (χ0v) is 10.7. The van der Waals surface area contributed by atoms with Gasteiger partial charge in [-0.15, -0.1) is 0 Å². The third-order valence-electron chi connectivity index (χ3n) is 2.43. The topological polar surface area (TPSA) is 60.2 Å². The van der Waals surface area contributed by atoms with Crippen molar-refractivity contribution < 1.29 is 9.84 Å². The van der Waals surface area contributed by atoms with E-state index in [4.69, 9.17) is 4.74 Å². The van der Waals surface area contributed by atoms with Gasteiger partial charge >= 0.3 is 0 Å². The Morgan fingerprint density at radius 3 is 2.72 bits per heavy atom. The van der Waals surface area contributed by atoms with Gasteiger partial charge in [-0.2, -0.15) is 0 Å². The predicted molar refractivity (Wildman–Crippen MR) is 67.3 cm³/mol. The quantitative estimate of drug-likeness (QED) is 0.893. The van der Waals surface area contributed by atoms with Crippen LogP contribution in [-0.2, 0) is 7.05 Å². The van der Waals surface area contributed by atoms with Crippen molar-refractivity contribution in [1.29, 1.82) is 0 Å². The maximum absolute atomic E-state index is 10.2. The molecule has 2 heterocycles. The summed E-state index contributed by atoms with van der Waals surface area (Å²) in [5.41, 5.74) is 1.27. The summed E-state index contributed by atoms with van der Waals surface area (Å²) in [4.78, 5) is 8.20. The van der Waals surface area contributed by atoms with Crippen LogP contribution in [0, 0.1) is 0 Å². The highest BCUT2D eigenvalue weighted by Crippen LogP contribution is 2.23. The molecule has 5 nitrogen and oxygen atoms in total. The minimum atomic E-state index is -0.783. The van der Waals surface area contributed by atoms with Crippen molar-refractivity contribution in [2.75, 3.05) is 0 Å². The number of aryl methyl sites for hydroxylation is 1. The fourth-order valence-corrected chi connectivity index (χ4v) is 1.67. The minimum Gasteiger partial charge on any atom is -0.489 e. The van der Waals surface area contributed by atoms with E-state index in [9.17, 15) is 5.11 Å². The summed E-state index contributed by atoms with van der Waals surface area (Å²) in [7, 11) is 1.86. The highest BCUT2D eigenvalue weighted by atomic mass is 16.5. The summed E-state index contributed by atoms with van der Waals surface area (Å²) in [5.74, 6) is 0.650. The van der Waals surface area contributed by atoms with Crippen molar-refractivity contribution in [3.8, 4) is 5.75 Å². The maximum Gasteiger partial charge on any atom is 0.138 e. The van der Waals surface area contributed by atoms with Crippen molar-refractivity contribution in [1.82, 2.24) is 14.5 Å². The molecule has 0 aliphatic carbocycles. The minimum absolute atomic E-state index is 0.0778. The first-order valence-electron chi connectivity index (χ1n) is 5.84. The number of aliphatic hydroxyl groups is 1. The lowest BCUT2D eigenvalue weighted by Gasteiger charge is -2.12. The first kappa shape index (κ1) is 12.6. The number of ether oxygens (including phenoxy) is 1. The smallest absolute Gasteiger partial charge is 0.138 e. The van der Waals surface area contributed by atoms with E-state index in [0.29, 0.717) is 17.0 Å². The van der Waals surface area contributed by atoms with Crippen LogP contribution in [0.15, 0.2) is 31.0 Å². The fourth-order valence-electron chi connectivity index (χ4n) is 1.67. The van der Waals surface area contributed by atoms with E-state index >= 15 is 0 Å². The molecular formula is C13H17N3O2. The molecule has 1 atom stereocenters. The standard InChI is InChI=1S/C13H17N3O2/c1-9(2)18-11-4-10(5-14-6-11)13(17)12-7-16(3)8-15-12/h4-9,13,17H,1-3H3. The molecule has 1 unspecified atom stereocenters. The molecule has 1 N–H and O–H groups in total. The Hall–Kier alpha value is -1.88. The number of aliphatic hydroxyl groups excluding tert-OH is 1. The molecule has 2 rings (SSSR count). The van der Waals surface area contributed by atoms with Crippen molar-refractivity contribution in [3.05, 3.63) is 42.2 Å². The van der Waals surface area contributed by atoms with E-state index < -0.39 is 6.10 Å². The number of hydrogen-bond donors (Lipinski definition) is 1. The Labute approximate surface area is 106 Å². The van der Waals surface area contributed by atoms with E-state index in [1.165, 1.54) is 0 Å². The van der Waals surface area contributed by atoms with E-state index in [1.54, 1.807) is 35.6 Å². The van der Waals surface area contributed by atoms with Gasteiger partial charge in [0.15, 0.2) is 0 Å². The Morgan fingerprint density at radius 2 is 2.11 bits per heavy atom. The lowest BCUT2D eigenvalue weighted by atomic mass is 10.1. The lowest BCUT2D eigenvalue weighted by Crippen LogP contribution is -2.07. The van der Waals surface area contributed by atoms with E-state index in [2.05, 4.69) is 9.97 Å². The number of pyridine rings is 1. The summed E-state index contributed by atoms with van der Waals surface area (Å²) < 4.78 is 7.34. The number of aromatic nitrogens is 3. The van der Waals surface area contributed by atoms with E-state index in [1.807, 2.05) is 20.9 Å². The number of imidazole rings is 1. The molecule has 96 valence electrons. The third-order valence-corrected chi connectivity index (χ3v) is 2.43. The summed E-state index contributed by atoms with van der Waals surface area (Å²) in [5, 5.41) is 10.2. The molecule has 5 heteroatoms. The Morgan fingerprint density at radius 1 is 1.33 bits per heavy atom. The Kier molecular flexibility index (Phi) is 3.62. The van der Waals surface area contributed by atoms with Gasteiger partial charge in [-0.3, -0.25) is 4.98 Å². The van der Waals surface area contributed by atoms with Crippen molar-refractivity contribution in [2.24, 2.45) is 7.05 Å². The van der Waals surface area contributed by atoms with Gasteiger partial charge in [0, 0.05) is 25.0 Å². The molecule has 0 bridgehead atoms. The molecule has 0 spiro atoms. The van der Waals surface area contributed by atoms with Crippen LogP contribution >= 0.6 is 0 Å². The summed E-state index contributed by atoms with van der Waals surface area (Å²) >= 11 is 0. The summed E-state index contributed by atoms with van der Waals surface area (Å²) in [6.07, 6.45) is 5.98. The van der Waals surface area contributed by atoms with Crippen LogP contribution in [0.4, 0.5) is 0 Å². The fraction of sp³-hybridized carbons (Fsp3) is 0.385. The molecule has 0 aliphatic rings. The van der Waals surface area contributed by atoms with Crippen LogP contribution < -0.4 is 4.74 Å². The van der Waals surface area contributed by atoms with Crippen LogP contribution in [0.25, 0.3) is 0 Å². The van der Waals surface area contributed by atoms with Crippen molar-refractivity contribution >= 4 is 0 Å². The molecule has 18 heavy (non-hydrogen) atoms. The molecule has 0 radical (unpaired) electrons. The van der Waals surface area contributed by atoms with Gasteiger partial charge in [-0.05, 0) is 19.9 Å². The number of rotatable bonds is 4. The average Bonchev–Trinajstić information content (AvgIpc) is 2.74. The van der Waals surface area contributed by atoms with Gasteiger partial charge in [-0.1, -0.05) is 0 Å². The molecule has 0 aromatic carbocycles. The molecule has 0 aliphatic heterocycles. The second kappa shape index (κ2) is 5.18. The molecule has 2 aromatic heterocycles. The van der Waals surface area contributed by atoms with Gasteiger partial charge in [0.25, 0.3) is 0 Å². The summed E-state index contributed by atoms with van der Waals surface area (Å²) in [6, 6.07) is 1.78. The second-order valence-corrected chi connectivity index (χ2v) is 4.49. The van der Waals surface area contributed by atoms with Crippen LogP contribution in [0.1, 0.15) is 31.2 Å². The zero-order valence-electron chi connectivity index (χ0n) is 10.7. The number of hydrogen-bond acceptors (Lipinski definition) is 4. The first-order valence-corrected chi connectivity index (χ1v) is 5.84. The highest BCUT2D eigenvalue weighted by molar-refractivity contribution is 5.29. The molecular weight excluding hydrogens is 230 g/mol. The van der Waals surface area contributed by atoms with Gasteiger partial charge in [0.2, 0.25) is 0 Å². The van der Waals surface area contributed by atoms with Gasteiger partial charge in [0.05, 0.1) is 24.3 Å². The Bertz CT molecular complexity index is 522. The maximum atomic E-state index is 10.2.